The highest BCUT2D eigenvalue weighted by molar-refractivity contribution is 6.32. The molecule has 0 saturated carbocycles. The lowest BCUT2D eigenvalue weighted by molar-refractivity contribution is 0.0939. The Bertz CT molecular complexity index is 391. The van der Waals surface area contributed by atoms with Crippen LogP contribution in [-0.4, -0.2) is 12.9 Å². The van der Waals surface area contributed by atoms with Gasteiger partial charge in [-0.3, -0.25) is 4.79 Å². The van der Waals surface area contributed by atoms with Gasteiger partial charge >= 0.3 is 0 Å². The Morgan fingerprint density at radius 3 is 2.50 bits per heavy atom. The predicted octanol–water partition coefficient (Wildman–Crippen LogP) is 3.97. The standard InChI is InChI=1S/C13H17ClO2/c1-13(2,3)8-11(15)9-5-6-10(14)12(7-9)16-4/h5-7H,8H2,1-4H3. The van der Waals surface area contributed by atoms with Gasteiger partial charge in [0, 0.05) is 12.0 Å². The molecule has 0 N–H and O–H groups in total. The molecular weight excluding hydrogens is 224 g/mol. The molecule has 0 radical (unpaired) electrons. The summed E-state index contributed by atoms with van der Waals surface area (Å²) in [6.45, 7) is 6.12. The van der Waals surface area contributed by atoms with Crippen molar-refractivity contribution in [1.82, 2.24) is 0 Å². The molecule has 16 heavy (non-hydrogen) atoms. The van der Waals surface area contributed by atoms with Crippen molar-refractivity contribution in [1.29, 1.82) is 0 Å². The van der Waals surface area contributed by atoms with Gasteiger partial charge in [0.15, 0.2) is 5.78 Å². The fourth-order valence-electron chi connectivity index (χ4n) is 1.42. The minimum atomic E-state index is -0.00997. The summed E-state index contributed by atoms with van der Waals surface area (Å²) in [5, 5.41) is 0.523. The Balaban J connectivity index is 2.93. The molecule has 88 valence electrons. The van der Waals surface area contributed by atoms with Gasteiger partial charge in [-0.05, 0) is 23.6 Å². The van der Waals surface area contributed by atoms with Crippen LogP contribution < -0.4 is 4.74 Å². The van der Waals surface area contributed by atoms with Crippen LogP contribution >= 0.6 is 11.6 Å². The van der Waals surface area contributed by atoms with Crippen LogP contribution in [0.4, 0.5) is 0 Å². The van der Waals surface area contributed by atoms with Gasteiger partial charge in [-0.1, -0.05) is 32.4 Å². The van der Waals surface area contributed by atoms with E-state index >= 15 is 0 Å². The quantitative estimate of drug-likeness (QED) is 0.748. The Morgan fingerprint density at radius 1 is 1.38 bits per heavy atom. The maximum atomic E-state index is 11.9. The highest BCUT2D eigenvalue weighted by Gasteiger charge is 2.18. The molecule has 0 aromatic heterocycles. The summed E-state index contributed by atoms with van der Waals surface area (Å²) in [7, 11) is 1.54. The lowest BCUT2D eigenvalue weighted by atomic mass is 9.88. The van der Waals surface area contributed by atoms with Gasteiger partial charge in [-0.25, -0.2) is 0 Å². The van der Waals surface area contributed by atoms with Gasteiger partial charge < -0.3 is 4.74 Å². The second-order valence-electron chi connectivity index (χ2n) is 5.01. The van der Waals surface area contributed by atoms with Gasteiger partial charge in [-0.15, -0.1) is 0 Å². The maximum absolute atomic E-state index is 11.9. The zero-order chi connectivity index (χ0) is 12.3. The number of ether oxygens (including phenoxy) is 1. The first-order chi connectivity index (χ1) is 7.33. The zero-order valence-electron chi connectivity index (χ0n) is 10.1. The largest absolute Gasteiger partial charge is 0.495 e. The smallest absolute Gasteiger partial charge is 0.163 e. The van der Waals surface area contributed by atoms with Crippen molar-refractivity contribution in [3.8, 4) is 5.75 Å². The molecule has 0 aliphatic heterocycles. The van der Waals surface area contributed by atoms with Crippen molar-refractivity contribution in [2.45, 2.75) is 27.2 Å². The van der Waals surface area contributed by atoms with Crippen LogP contribution in [0, 0.1) is 5.41 Å². The lowest BCUT2D eigenvalue weighted by Crippen LogP contribution is -2.13. The zero-order valence-corrected chi connectivity index (χ0v) is 10.9. The molecule has 2 nitrogen and oxygen atoms in total. The number of carbonyl (C=O) groups excluding carboxylic acids is 1. The molecule has 0 saturated heterocycles. The Morgan fingerprint density at radius 2 is 2.00 bits per heavy atom. The number of halogens is 1. The molecule has 1 rings (SSSR count). The van der Waals surface area contributed by atoms with Crippen LogP contribution in [0.1, 0.15) is 37.6 Å². The fourth-order valence-corrected chi connectivity index (χ4v) is 1.61. The highest BCUT2D eigenvalue weighted by atomic mass is 35.5. The van der Waals surface area contributed by atoms with Crippen LogP contribution in [-0.2, 0) is 0 Å². The number of Topliss-reactive ketones (excluding diaryl/α,β-unsaturated/α-hetero) is 1. The van der Waals surface area contributed by atoms with Crippen LogP contribution in [0.25, 0.3) is 0 Å². The molecular formula is C13H17ClO2. The molecule has 0 aliphatic carbocycles. The first-order valence-electron chi connectivity index (χ1n) is 5.20. The average molecular weight is 241 g/mol. The van der Waals surface area contributed by atoms with Crippen LogP contribution in [0.5, 0.6) is 5.75 Å². The van der Waals surface area contributed by atoms with Crippen LogP contribution in [0.2, 0.25) is 5.02 Å². The molecule has 0 heterocycles. The third-order valence-corrected chi connectivity index (χ3v) is 2.48. The van der Waals surface area contributed by atoms with Gasteiger partial charge in [0.05, 0.1) is 12.1 Å². The van der Waals surface area contributed by atoms with E-state index in [4.69, 9.17) is 16.3 Å². The average Bonchev–Trinajstić information content (AvgIpc) is 2.15. The number of carbonyl (C=O) groups is 1. The number of rotatable bonds is 3. The summed E-state index contributed by atoms with van der Waals surface area (Å²) < 4.78 is 5.08. The van der Waals surface area contributed by atoms with Crippen molar-refractivity contribution in [3.63, 3.8) is 0 Å². The lowest BCUT2D eigenvalue weighted by Gasteiger charge is -2.17. The Labute approximate surface area is 102 Å². The monoisotopic (exact) mass is 240 g/mol. The molecule has 0 unspecified atom stereocenters. The van der Waals surface area contributed by atoms with Gasteiger partial charge in [-0.2, -0.15) is 0 Å². The number of benzene rings is 1. The van der Waals surface area contributed by atoms with Gasteiger partial charge in [0.2, 0.25) is 0 Å². The molecule has 3 heteroatoms. The van der Waals surface area contributed by atoms with E-state index in [1.165, 1.54) is 0 Å². The predicted molar refractivity (Wildman–Crippen MR) is 66.4 cm³/mol. The van der Waals surface area contributed by atoms with Crippen LogP contribution in [0.3, 0.4) is 0 Å². The summed E-state index contributed by atoms with van der Waals surface area (Å²) in [5.41, 5.74) is 0.639. The van der Waals surface area contributed by atoms with E-state index in [9.17, 15) is 4.79 Å². The second kappa shape index (κ2) is 4.88. The number of ketones is 1. The Kier molecular flexibility index (Phi) is 3.98. The van der Waals surface area contributed by atoms with Crippen molar-refractivity contribution >= 4 is 17.4 Å². The fraction of sp³-hybridized carbons (Fsp3) is 0.462. The summed E-state index contributed by atoms with van der Waals surface area (Å²) in [4.78, 5) is 11.9. The third-order valence-electron chi connectivity index (χ3n) is 2.16. The minimum Gasteiger partial charge on any atom is -0.495 e. The SMILES string of the molecule is COc1cc(C(=O)CC(C)(C)C)ccc1Cl. The van der Waals surface area contributed by atoms with Crippen molar-refractivity contribution in [2.75, 3.05) is 7.11 Å². The van der Waals surface area contributed by atoms with Crippen molar-refractivity contribution in [3.05, 3.63) is 28.8 Å². The van der Waals surface area contributed by atoms with E-state index < -0.39 is 0 Å². The molecule has 0 fully saturated rings. The molecule has 0 atom stereocenters. The second-order valence-corrected chi connectivity index (χ2v) is 5.42. The molecule has 1 aromatic rings. The van der Waals surface area contributed by atoms with E-state index in [-0.39, 0.29) is 11.2 Å². The molecule has 0 amide bonds. The normalized spacial score (nSPS) is 11.3. The van der Waals surface area contributed by atoms with E-state index in [0.29, 0.717) is 22.8 Å². The van der Waals surface area contributed by atoms with Crippen molar-refractivity contribution in [2.24, 2.45) is 5.41 Å². The highest BCUT2D eigenvalue weighted by Crippen LogP contribution is 2.27. The maximum Gasteiger partial charge on any atom is 0.163 e. The summed E-state index contributed by atoms with van der Waals surface area (Å²) in [6, 6.07) is 5.12. The number of hydrogen-bond donors (Lipinski definition) is 0. The summed E-state index contributed by atoms with van der Waals surface area (Å²) >= 11 is 5.90. The summed E-state index contributed by atoms with van der Waals surface area (Å²) in [6.07, 6.45) is 0.512. The van der Waals surface area contributed by atoms with E-state index in [2.05, 4.69) is 0 Å². The van der Waals surface area contributed by atoms with E-state index in [1.807, 2.05) is 20.8 Å². The molecule has 1 aromatic carbocycles. The molecule has 0 bridgehead atoms. The molecule has 0 spiro atoms. The third kappa shape index (κ3) is 3.53. The first-order valence-corrected chi connectivity index (χ1v) is 5.58. The number of hydrogen-bond acceptors (Lipinski definition) is 2. The van der Waals surface area contributed by atoms with Crippen LogP contribution in [0.15, 0.2) is 18.2 Å². The van der Waals surface area contributed by atoms with Crippen molar-refractivity contribution < 1.29 is 9.53 Å². The summed E-state index contributed by atoms with van der Waals surface area (Å²) in [5.74, 6) is 0.656. The van der Waals surface area contributed by atoms with Gasteiger partial charge in [0.25, 0.3) is 0 Å². The minimum absolute atomic E-state index is 0.00997. The van der Waals surface area contributed by atoms with E-state index in [0.717, 1.165) is 0 Å². The topological polar surface area (TPSA) is 26.3 Å². The Hall–Kier alpha value is -1.02. The van der Waals surface area contributed by atoms with Gasteiger partial charge in [0.1, 0.15) is 5.75 Å². The molecule has 0 aliphatic rings. The number of methoxy groups -OCH3 is 1. The first kappa shape index (κ1) is 13.0. The van der Waals surface area contributed by atoms with E-state index in [1.54, 1.807) is 25.3 Å².